The summed E-state index contributed by atoms with van der Waals surface area (Å²) < 4.78 is 5.09. The van der Waals surface area contributed by atoms with Crippen molar-refractivity contribution in [2.45, 2.75) is 13.0 Å². The van der Waals surface area contributed by atoms with Crippen molar-refractivity contribution >= 4 is 18.1 Å². The zero-order chi connectivity index (χ0) is 17.2. The monoisotopic (exact) mass is 325 g/mol. The van der Waals surface area contributed by atoms with Crippen molar-refractivity contribution in [3.05, 3.63) is 77.4 Å². The van der Waals surface area contributed by atoms with Gasteiger partial charge in [-0.05, 0) is 23.6 Å². The molecule has 0 atom stereocenters. The van der Waals surface area contributed by atoms with Crippen LogP contribution in [0.15, 0.2) is 60.7 Å². The molecule has 0 saturated carbocycles. The molecule has 24 heavy (non-hydrogen) atoms. The van der Waals surface area contributed by atoms with Crippen LogP contribution >= 0.6 is 0 Å². The molecule has 0 spiro atoms. The number of carbonyl (C=O) groups is 2. The highest BCUT2D eigenvalue weighted by Gasteiger charge is 2.05. The Hall–Kier alpha value is -3.08. The van der Waals surface area contributed by atoms with Crippen LogP contribution in [0, 0.1) is 0 Å². The topological polar surface area (TPSA) is 75.6 Å². The summed E-state index contributed by atoms with van der Waals surface area (Å²) in [6, 6.07) is 16.2. The van der Waals surface area contributed by atoms with E-state index >= 15 is 0 Å². The maximum atomic E-state index is 11.6. The zero-order valence-electron chi connectivity index (χ0n) is 13.1. The van der Waals surface area contributed by atoms with E-state index in [4.69, 9.17) is 9.84 Å². The summed E-state index contributed by atoms with van der Waals surface area (Å²) >= 11 is 0. The summed E-state index contributed by atoms with van der Waals surface area (Å²) in [6.07, 6.45) is 3.66. The first-order valence-corrected chi connectivity index (χ1v) is 7.60. The Morgan fingerprint density at radius 3 is 2.50 bits per heavy atom. The molecule has 0 aliphatic carbocycles. The van der Waals surface area contributed by atoms with Gasteiger partial charge < -0.3 is 15.2 Å². The van der Waals surface area contributed by atoms with E-state index in [2.05, 4.69) is 5.32 Å². The summed E-state index contributed by atoms with van der Waals surface area (Å²) in [4.78, 5) is 22.6. The van der Waals surface area contributed by atoms with Gasteiger partial charge in [-0.2, -0.15) is 0 Å². The number of hydrogen-bond donors (Lipinski definition) is 2. The lowest BCUT2D eigenvalue weighted by Gasteiger charge is -2.06. The fraction of sp³-hybridized carbons (Fsp3) is 0.158. The molecule has 2 aromatic carbocycles. The Kier molecular flexibility index (Phi) is 6.58. The van der Waals surface area contributed by atoms with Gasteiger partial charge in [0.1, 0.15) is 6.61 Å². The van der Waals surface area contributed by atoms with E-state index in [1.165, 1.54) is 0 Å². The van der Waals surface area contributed by atoms with Crippen LogP contribution in [0.4, 0.5) is 4.79 Å². The SMILES string of the molecule is O=C(NCCC=Cc1ccccc1C(=O)O)OCc1ccccc1. The highest BCUT2D eigenvalue weighted by molar-refractivity contribution is 5.92. The first-order valence-electron chi connectivity index (χ1n) is 7.60. The average Bonchev–Trinajstić information content (AvgIpc) is 2.61. The molecule has 2 aromatic rings. The van der Waals surface area contributed by atoms with E-state index in [-0.39, 0.29) is 12.2 Å². The number of amides is 1. The molecular formula is C19H19NO4. The number of hydrogen-bond acceptors (Lipinski definition) is 3. The number of rotatable bonds is 7. The maximum Gasteiger partial charge on any atom is 0.407 e. The molecule has 0 saturated heterocycles. The molecule has 1 amide bonds. The number of benzene rings is 2. The summed E-state index contributed by atoms with van der Waals surface area (Å²) in [5, 5.41) is 11.7. The summed E-state index contributed by atoms with van der Waals surface area (Å²) in [7, 11) is 0. The maximum absolute atomic E-state index is 11.6. The van der Waals surface area contributed by atoms with E-state index in [1.54, 1.807) is 30.3 Å². The van der Waals surface area contributed by atoms with Gasteiger partial charge in [-0.25, -0.2) is 9.59 Å². The molecule has 0 radical (unpaired) electrons. The smallest absolute Gasteiger partial charge is 0.407 e. The molecule has 0 bridgehead atoms. The molecule has 0 heterocycles. The molecule has 124 valence electrons. The summed E-state index contributed by atoms with van der Waals surface area (Å²) in [6.45, 7) is 0.647. The van der Waals surface area contributed by atoms with Crippen molar-refractivity contribution in [2.75, 3.05) is 6.54 Å². The van der Waals surface area contributed by atoms with E-state index < -0.39 is 12.1 Å². The lowest BCUT2D eigenvalue weighted by atomic mass is 10.1. The third kappa shape index (κ3) is 5.61. The van der Waals surface area contributed by atoms with E-state index in [9.17, 15) is 9.59 Å². The second kappa shape index (κ2) is 9.15. The van der Waals surface area contributed by atoms with Gasteiger partial charge in [0, 0.05) is 6.54 Å². The summed E-state index contributed by atoms with van der Waals surface area (Å²) in [5.41, 5.74) is 1.82. The van der Waals surface area contributed by atoms with Gasteiger partial charge in [-0.1, -0.05) is 60.7 Å². The minimum atomic E-state index is -0.960. The summed E-state index contributed by atoms with van der Waals surface area (Å²) in [5.74, 6) is -0.960. The third-order valence-electron chi connectivity index (χ3n) is 3.28. The average molecular weight is 325 g/mol. The first-order chi connectivity index (χ1) is 11.7. The van der Waals surface area contributed by atoms with Crippen LogP contribution in [-0.2, 0) is 11.3 Å². The largest absolute Gasteiger partial charge is 0.478 e. The van der Waals surface area contributed by atoms with Crippen molar-refractivity contribution in [2.24, 2.45) is 0 Å². The number of nitrogens with one attached hydrogen (secondary N) is 1. The van der Waals surface area contributed by atoms with Gasteiger partial charge in [0.2, 0.25) is 0 Å². The number of aromatic carboxylic acids is 1. The molecule has 5 nitrogen and oxygen atoms in total. The molecule has 5 heteroatoms. The first kappa shape index (κ1) is 17.3. The van der Waals surface area contributed by atoms with Gasteiger partial charge in [-0.3, -0.25) is 0 Å². The Morgan fingerprint density at radius 2 is 1.75 bits per heavy atom. The van der Waals surface area contributed by atoms with Crippen LogP contribution < -0.4 is 5.32 Å². The van der Waals surface area contributed by atoms with Crippen molar-refractivity contribution in [3.63, 3.8) is 0 Å². The van der Waals surface area contributed by atoms with E-state index in [1.807, 2.05) is 36.4 Å². The van der Waals surface area contributed by atoms with E-state index in [0.29, 0.717) is 18.5 Å². The lowest BCUT2D eigenvalue weighted by Crippen LogP contribution is -2.24. The fourth-order valence-corrected chi connectivity index (χ4v) is 2.08. The number of carbonyl (C=O) groups excluding carboxylic acids is 1. The van der Waals surface area contributed by atoms with Crippen molar-refractivity contribution < 1.29 is 19.4 Å². The fourth-order valence-electron chi connectivity index (χ4n) is 2.08. The van der Waals surface area contributed by atoms with Gasteiger partial charge in [0.15, 0.2) is 0 Å². The Balaban J connectivity index is 1.71. The Morgan fingerprint density at radius 1 is 1.04 bits per heavy atom. The van der Waals surface area contributed by atoms with Crippen molar-refractivity contribution in [3.8, 4) is 0 Å². The quantitative estimate of drug-likeness (QED) is 0.761. The molecular weight excluding hydrogens is 306 g/mol. The Bertz CT molecular complexity index is 710. The minimum Gasteiger partial charge on any atom is -0.478 e. The van der Waals surface area contributed by atoms with Crippen LogP contribution in [0.2, 0.25) is 0 Å². The molecule has 2 rings (SSSR count). The standard InChI is InChI=1S/C19H19NO4/c21-18(22)17-12-5-4-10-16(17)11-6-7-13-20-19(23)24-14-15-8-2-1-3-9-15/h1-6,8-12H,7,13-14H2,(H,20,23)(H,21,22). The predicted octanol–water partition coefficient (Wildman–Crippen LogP) is 3.71. The zero-order valence-corrected chi connectivity index (χ0v) is 13.1. The second-order valence-electron chi connectivity index (χ2n) is 5.07. The second-order valence-corrected chi connectivity index (χ2v) is 5.07. The molecule has 2 N–H and O–H groups in total. The van der Waals surface area contributed by atoms with Crippen LogP contribution in [0.25, 0.3) is 6.08 Å². The van der Waals surface area contributed by atoms with Gasteiger partial charge in [-0.15, -0.1) is 0 Å². The van der Waals surface area contributed by atoms with E-state index in [0.717, 1.165) is 5.56 Å². The molecule has 0 fully saturated rings. The Labute approximate surface area is 140 Å². The van der Waals surface area contributed by atoms with Crippen LogP contribution in [-0.4, -0.2) is 23.7 Å². The number of carboxylic acids is 1. The minimum absolute atomic E-state index is 0.231. The number of ether oxygens (including phenoxy) is 1. The lowest BCUT2D eigenvalue weighted by molar-refractivity contribution is 0.0696. The van der Waals surface area contributed by atoms with Crippen LogP contribution in [0.3, 0.4) is 0 Å². The van der Waals surface area contributed by atoms with Crippen molar-refractivity contribution in [1.82, 2.24) is 5.32 Å². The van der Waals surface area contributed by atoms with Crippen LogP contribution in [0.5, 0.6) is 0 Å². The van der Waals surface area contributed by atoms with Gasteiger partial charge in [0.05, 0.1) is 5.56 Å². The van der Waals surface area contributed by atoms with Gasteiger partial charge in [0.25, 0.3) is 0 Å². The van der Waals surface area contributed by atoms with Crippen molar-refractivity contribution in [1.29, 1.82) is 0 Å². The highest BCUT2D eigenvalue weighted by Crippen LogP contribution is 2.10. The highest BCUT2D eigenvalue weighted by atomic mass is 16.5. The molecule has 0 unspecified atom stereocenters. The van der Waals surface area contributed by atoms with Crippen LogP contribution in [0.1, 0.15) is 27.9 Å². The molecule has 0 aliphatic heterocycles. The number of alkyl carbamates (subject to hydrolysis) is 1. The van der Waals surface area contributed by atoms with Gasteiger partial charge >= 0.3 is 12.1 Å². The number of carboxylic acid groups (broad SMARTS) is 1. The molecule has 0 aliphatic rings. The predicted molar refractivity (Wildman–Crippen MR) is 91.7 cm³/mol. The normalized spacial score (nSPS) is 10.5. The third-order valence-corrected chi connectivity index (χ3v) is 3.28. The molecule has 0 aromatic heterocycles.